The van der Waals surface area contributed by atoms with Crippen LogP contribution in [0.4, 0.5) is 0 Å². The predicted molar refractivity (Wildman–Crippen MR) is 102 cm³/mol. The lowest BCUT2D eigenvalue weighted by Gasteiger charge is -2.53. The summed E-state index contributed by atoms with van der Waals surface area (Å²) in [6.07, 6.45) is 6.41. The summed E-state index contributed by atoms with van der Waals surface area (Å²) in [7, 11) is -0.422. The van der Waals surface area contributed by atoms with Gasteiger partial charge in [0.1, 0.15) is 5.54 Å². The third-order valence-corrected chi connectivity index (χ3v) is 6.72. The molecule has 0 aliphatic carbocycles. The lowest BCUT2D eigenvalue weighted by molar-refractivity contribution is -0.0599. The van der Waals surface area contributed by atoms with E-state index >= 15 is 0 Å². The molecule has 0 saturated carbocycles. The zero-order valence-electron chi connectivity index (χ0n) is 16.8. The average Bonchev–Trinajstić information content (AvgIpc) is 3.15. The van der Waals surface area contributed by atoms with Crippen LogP contribution in [0.2, 0.25) is 0 Å². The molecule has 0 amide bonds. The van der Waals surface area contributed by atoms with Crippen LogP contribution in [0.15, 0.2) is 12.4 Å². The van der Waals surface area contributed by atoms with Crippen molar-refractivity contribution in [3.8, 4) is 6.07 Å². The first-order valence-corrected chi connectivity index (χ1v) is 9.86. The van der Waals surface area contributed by atoms with Crippen molar-refractivity contribution in [2.45, 2.75) is 69.7 Å². The molecule has 3 aliphatic heterocycles. The molecule has 0 N–H and O–H groups in total. The minimum absolute atomic E-state index is 0.255. The molecule has 0 bridgehead atoms. The summed E-state index contributed by atoms with van der Waals surface area (Å²) < 4.78 is 19.7. The van der Waals surface area contributed by atoms with Crippen molar-refractivity contribution in [1.29, 1.82) is 5.26 Å². The molecule has 3 fully saturated rings. The van der Waals surface area contributed by atoms with Crippen LogP contribution in [0.25, 0.3) is 0 Å². The normalized spacial score (nSPS) is 27.3. The lowest BCUT2D eigenvalue weighted by atomic mass is 9.81. The topological polar surface area (TPSA) is 72.5 Å². The highest BCUT2D eigenvalue weighted by Crippen LogP contribution is 2.38. The number of nitriles is 1. The second kappa shape index (κ2) is 6.59. The summed E-state index contributed by atoms with van der Waals surface area (Å²) in [5, 5.41) is 14.0. The zero-order valence-corrected chi connectivity index (χ0v) is 16.8. The van der Waals surface area contributed by atoms with E-state index in [1.54, 1.807) is 0 Å². The number of rotatable bonds is 4. The van der Waals surface area contributed by atoms with Crippen LogP contribution >= 0.6 is 0 Å². The Morgan fingerprint density at radius 1 is 1.19 bits per heavy atom. The Balaban J connectivity index is 1.49. The predicted octanol–water partition coefficient (Wildman–Crippen LogP) is 1.29. The molecule has 27 heavy (non-hydrogen) atoms. The summed E-state index contributed by atoms with van der Waals surface area (Å²) in [6.45, 7) is 11.6. The first kappa shape index (κ1) is 18.9. The number of likely N-dealkylation sites (tertiary alicyclic amines) is 1. The minimum atomic E-state index is -0.422. The molecular weight excluding hydrogens is 343 g/mol. The number of hydrogen-bond acceptors (Lipinski definition) is 6. The maximum absolute atomic E-state index is 9.40. The third kappa shape index (κ3) is 3.21. The quantitative estimate of drug-likeness (QED) is 0.742. The van der Waals surface area contributed by atoms with Gasteiger partial charge < -0.3 is 14.0 Å². The van der Waals surface area contributed by atoms with E-state index in [2.05, 4.69) is 16.1 Å². The number of ether oxygens (including phenoxy) is 1. The van der Waals surface area contributed by atoms with Crippen LogP contribution in [0.5, 0.6) is 0 Å². The molecule has 4 rings (SSSR count). The monoisotopic (exact) mass is 372 g/mol. The Labute approximate surface area is 161 Å². The van der Waals surface area contributed by atoms with E-state index in [9.17, 15) is 5.26 Å². The molecule has 0 radical (unpaired) electrons. The molecule has 0 aromatic carbocycles. The van der Waals surface area contributed by atoms with E-state index in [1.165, 1.54) is 0 Å². The van der Waals surface area contributed by atoms with Crippen molar-refractivity contribution in [2.75, 3.05) is 26.3 Å². The van der Waals surface area contributed by atoms with Gasteiger partial charge in [-0.3, -0.25) is 9.58 Å². The van der Waals surface area contributed by atoms with E-state index in [4.69, 9.17) is 14.0 Å². The maximum Gasteiger partial charge on any atom is 0.498 e. The maximum atomic E-state index is 9.40. The summed E-state index contributed by atoms with van der Waals surface area (Å²) in [5.41, 5.74) is -0.0917. The summed E-state index contributed by atoms with van der Waals surface area (Å²) >= 11 is 0. The molecule has 146 valence electrons. The van der Waals surface area contributed by atoms with Crippen LogP contribution in [-0.4, -0.2) is 65.3 Å². The zero-order chi connectivity index (χ0) is 19.3. The molecule has 0 unspecified atom stereocenters. The van der Waals surface area contributed by atoms with Gasteiger partial charge in [-0.25, -0.2) is 0 Å². The number of aromatic nitrogens is 2. The minimum Gasteiger partial charge on any atom is -0.399 e. The average molecular weight is 372 g/mol. The van der Waals surface area contributed by atoms with Crippen molar-refractivity contribution in [1.82, 2.24) is 14.7 Å². The van der Waals surface area contributed by atoms with Gasteiger partial charge in [-0.15, -0.1) is 0 Å². The van der Waals surface area contributed by atoms with Crippen LogP contribution in [0.3, 0.4) is 0 Å². The molecule has 3 aliphatic rings. The van der Waals surface area contributed by atoms with Gasteiger partial charge in [0.2, 0.25) is 0 Å². The van der Waals surface area contributed by atoms with E-state index in [-0.39, 0.29) is 16.7 Å². The van der Waals surface area contributed by atoms with E-state index in [0.29, 0.717) is 12.5 Å². The van der Waals surface area contributed by atoms with Gasteiger partial charge in [0.05, 0.1) is 23.7 Å². The van der Waals surface area contributed by atoms with Crippen molar-refractivity contribution in [2.24, 2.45) is 0 Å². The van der Waals surface area contributed by atoms with Crippen molar-refractivity contribution >= 4 is 12.6 Å². The molecule has 7 nitrogen and oxygen atoms in total. The highest BCUT2D eigenvalue weighted by molar-refractivity contribution is 6.62. The lowest BCUT2D eigenvalue weighted by Crippen LogP contribution is -2.66. The molecule has 1 aromatic heterocycles. The van der Waals surface area contributed by atoms with Gasteiger partial charge in [0.25, 0.3) is 0 Å². The standard InChI is InChI=1S/C19H29BN4O3/c1-17(2)18(3,4)27-20(26-17)15-11-22-24(12-15)19(7-8-21)13-23(14-19)16-5-9-25-10-6-16/h11-12,16H,5-7,9-10,13-14H2,1-4H3. The fraction of sp³-hybridized carbons (Fsp3) is 0.789. The van der Waals surface area contributed by atoms with Crippen LogP contribution in [0, 0.1) is 11.3 Å². The highest BCUT2D eigenvalue weighted by atomic mass is 16.7. The largest absolute Gasteiger partial charge is 0.498 e. The van der Waals surface area contributed by atoms with Crippen molar-refractivity contribution in [3.63, 3.8) is 0 Å². The van der Waals surface area contributed by atoms with Crippen molar-refractivity contribution in [3.05, 3.63) is 12.4 Å². The van der Waals surface area contributed by atoms with E-state index in [1.807, 2.05) is 44.8 Å². The van der Waals surface area contributed by atoms with Crippen molar-refractivity contribution < 1.29 is 14.0 Å². The second-order valence-electron chi connectivity index (χ2n) is 9.11. The summed E-state index contributed by atoms with van der Waals surface area (Å²) in [4.78, 5) is 2.47. The third-order valence-electron chi connectivity index (χ3n) is 6.72. The summed E-state index contributed by atoms with van der Waals surface area (Å²) in [5.74, 6) is 0. The van der Waals surface area contributed by atoms with Crippen LogP contribution in [-0.2, 0) is 19.6 Å². The fourth-order valence-corrected chi connectivity index (χ4v) is 4.20. The Hall–Kier alpha value is -1.40. The Morgan fingerprint density at radius 2 is 1.81 bits per heavy atom. The molecule has 8 heteroatoms. The Kier molecular flexibility index (Phi) is 4.63. The Morgan fingerprint density at radius 3 is 2.41 bits per heavy atom. The highest BCUT2D eigenvalue weighted by Gasteiger charge is 2.53. The molecule has 4 heterocycles. The second-order valence-corrected chi connectivity index (χ2v) is 9.11. The fourth-order valence-electron chi connectivity index (χ4n) is 4.20. The van der Waals surface area contributed by atoms with Gasteiger partial charge in [0.15, 0.2) is 0 Å². The van der Waals surface area contributed by atoms with Gasteiger partial charge in [-0.1, -0.05) is 0 Å². The SMILES string of the molecule is CC1(C)OB(c2cnn(C3(CC#N)CN(C4CCOCC4)C3)c2)OC1(C)C. The molecular formula is C19H29BN4O3. The summed E-state index contributed by atoms with van der Waals surface area (Å²) in [6, 6.07) is 2.92. The number of nitrogens with zero attached hydrogens (tertiary/aromatic N) is 4. The van der Waals surface area contributed by atoms with Gasteiger partial charge in [-0.2, -0.15) is 10.4 Å². The van der Waals surface area contributed by atoms with Crippen LogP contribution in [0.1, 0.15) is 47.0 Å². The van der Waals surface area contributed by atoms with Gasteiger partial charge >= 0.3 is 7.12 Å². The van der Waals surface area contributed by atoms with E-state index < -0.39 is 7.12 Å². The number of hydrogen-bond donors (Lipinski definition) is 0. The first-order chi connectivity index (χ1) is 12.8. The van der Waals surface area contributed by atoms with E-state index in [0.717, 1.165) is 44.6 Å². The molecule has 3 saturated heterocycles. The van der Waals surface area contributed by atoms with Crippen LogP contribution < -0.4 is 5.46 Å². The molecule has 0 atom stereocenters. The van der Waals surface area contributed by atoms with Gasteiger partial charge in [-0.05, 0) is 40.5 Å². The first-order valence-electron chi connectivity index (χ1n) is 9.86. The van der Waals surface area contributed by atoms with Gasteiger partial charge in [0, 0.05) is 50.2 Å². The Bertz CT molecular complexity index is 714. The molecule has 1 aromatic rings. The molecule has 0 spiro atoms. The smallest absolute Gasteiger partial charge is 0.399 e.